The van der Waals surface area contributed by atoms with Gasteiger partial charge in [0.25, 0.3) is 0 Å². The number of hydrogen-bond acceptors (Lipinski definition) is 3. The predicted molar refractivity (Wildman–Crippen MR) is 79.9 cm³/mol. The maximum Gasteiger partial charge on any atom is 0.317 e. The third kappa shape index (κ3) is 4.62. The molecular formula is C16H24N2O2. The topological polar surface area (TPSA) is 43.8 Å². The molecule has 20 heavy (non-hydrogen) atoms. The lowest BCUT2D eigenvalue weighted by Crippen LogP contribution is -2.35. The number of benzene rings is 1. The normalized spacial score (nSPS) is 15.0. The molecule has 1 fully saturated rings. The summed E-state index contributed by atoms with van der Waals surface area (Å²) in [4.78, 5) is 15.1. The molecule has 1 N–H and O–H groups in total. The Morgan fingerprint density at radius 3 is 2.55 bits per heavy atom. The molecule has 0 heterocycles. The van der Waals surface area contributed by atoms with E-state index < -0.39 is 5.97 Å². The fraction of sp³-hybridized carbons (Fsp3) is 0.562. The molecule has 0 saturated heterocycles. The molecule has 1 aromatic rings. The maximum absolute atomic E-state index is 11.0. The van der Waals surface area contributed by atoms with Crippen LogP contribution >= 0.6 is 0 Å². The molecular weight excluding hydrogens is 252 g/mol. The fourth-order valence-corrected chi connectivity index (χ4v) is 2.46. The Balaban J connectivity index is 2.04. The van der Waals surface area contributed by atoms with Crippen LogP contribution in [-0.4, -0.2) is 54.6 Å². The lowest BCUT2D eigenvalue weighted by atomic mass is 10.0. The van der Waals surface area contributed by atoms with Crippen LogP contribution in [0.2, 0.25) is 0 Å². The third-order valence-electron chi connectivity index (χ3n) is 3.69. The molecule has 0 unspecified atom stereocenters. The van der Waals surface area contributed by atoms with Crippen LogP contribution in [0.15, 0.2) is 24.3 Å². The number of nitrogens with zero attached hydrogens (tertiary/aromatic N) is 2. The van der Waals surface area contributed by atoms with Crippen LogP contribution in [0.25, 0.3) is 0 Å². The highest BCUT2D eigenvalue weighted by atomic mass is 16.4. The van der Waals surface area contributed by atoms with Gasteiger partial charge < -0.3 is 10.0 Å². The first kappa shape index (κ1) is 15.0. The lowest BCUT2D eigenvalue weighted by molar-refractivity contribution is -0.138. The van der Waals surface area contributed by atoms with Gasteiger partial charge in [-0.3, -0.25) is 9.69 Å². The van der Waals surface area contributed by atoms with Crippen molar-refractivity contribution in [3.63, 3.8) is 0 Å². The average Bonchev–Trinajstić information content (AvgIpc) is 3.20. The number of rotatable bonds is 8. The summed E-state index contributed by atoms with van der Waals surface area (Å²) in [5, 5.41) is 9.06. The summed E-state index contributed by atoms with van der Waals surface area (Å²) in [5.74, 6) is -0.0561. The Labute approximate surface area is 121 Å². The highest BCUT2D eigenvalue weighted by Gasteiger charge is 2.26. The Morgan fingerprint density at radius 2 is 1.95 bits per heavy atom. The van der Waals surface area contributed by atoms with Crippen molar-refractivity contribution in [1.29, 1.82) is 0 Å². The zero-order valence-electron chi connectivity index (χ0n) is 12.4. The zero-order chi connectivity index (χ0) is 14.5. The number of aliphatic carboxylic acids is 1. The molecule has 1 aromatic carbocycles. The first-order valence-corrected chi connectivity index (χ1v) is 7.23. The molecule has 0 amide bonds. The van der Waals surface area contributed by atoms with Gasteiger partial charge in [-0.05, 0) is 44.0 Å². The lowest BCUT2D eigenvalue weighted by Gasteiger charge is -2.23. The molecule has 110 valence electrons. The number of carboxylic acids is 1. The van der Waals surface area contributed by atoms with Gasteiger partial charge in [-0.2, -0.15) is 0 Å². The van der Waals surface area contributed by atoms with Gasteiger partial charge in [0.2, 0.25) is 0 Å². The van der Waals surface area contributed by atoms with Crippen molar-refractivity contribution in [3.8, 4) is 0 Å². The van der Waals surface area contributed by atoms with Crippen LogP contribution in [0.5, 0.6) is 0 Å². The van der Waals surface area contributed by atoms with Crippen LogP contribution in [0.4, 0.5) is 0 Å². The zero-order valence-corrected chi connectivity index (χ0v) is 12.4. The molecule has 4 nitrogen and oxygen atoms in total. The molecule has 0 bridgehead atoms. The summed E-state index contributed by atoms with van der Waals surface area (Å²) in [6, 6.07) is 8.46. The van der Waals surface area contributed by atoms with Crippen molar-refractivity contribution < 1.29 is 9.90 Å². The van der Waals surface area contributed by atoms with Gasteiger partial charge in [-0.15, -0.1) is 0 Å². The summed E-state index contributed by atoms with van der Waals surface area (Å²) >= 11 is 0. The van der Waals surface area contributed by atoms with Crippen molar-refractivity contribution in [2.24, 2.45) is 0 Å². The summed E-state index contributed by atoms with van der Waals surface area (Å²) in [7, 11) is 4.02. The van der Waals surface area contributed by atoms with Gasteiger partial charge in [0, 0.05) is 19.6 Å². The van der Waals surface area contributed by atoms with Gasteiger partial charge in [0.15, 0.2) is 0 Å². The summed E-state index contributed by atoms with van der Waals surface area (Å²) in [6.45, 7) is 2.48. The molecule has 0 spiro atoms. The first-order valence-electron chi connectivity index (χ1n) is 7.23. The van der Waals surface area contributed by atoms with Crippen LogP contribution in [0, 0.1) is 0 Å². The van der Waals surface area contributed by atoms with Gasteiger partial charge in [-0.25, -0.2) is 0 Å². The minimum absolute atomic E-state index is 0.104. The second-order valence-corrected chi connectivity index (χ2v) is 5.88. The summed E-state index contributed by atoms with van der Waals surface area (Å²) in [5.41, 5.74) is 2.70. The minimum Gasteiger partial charge on any atom is -0.480 e. The SMILES string of the molecule is CN(C)CCN(CC(=O)O)Cc1ccccc1C1CC1. The van der Waals surface area contributed by atoms with Crippen LogP contribution < -0.4 is 0 Å². The van der Waals surface area contributed by atoms with E-state index in [0.717, 1.165) is 19.6 Å². The van der Waals surface area contributed by atoms with Crippen molar-refractivity contribution in [2.45, 2.75) is 25.3 Å². The highest BCUT2D eigenvalue weighted by molar-refractivity contribution is 5.69. The monoisotopic (exact) mass is 276 g/mol. The Bertz CT molecular complexity index is 456. The van der Waals surface area contributed by atoms with E-state index in [1.807, 2.05) is 25.1 Å². The molecule has 0 aliphatic heterocycles. The number of carboxylic acid groups (broad SMARTS) is 1. The van der Waals surface area contributed by atoms with Gasteiger partial charge in [0.1, 0.15) is 0 Å². The van der Waals surface area contributed by atoms with Crippen molar-refractivity contribution >= 4 is 5.97 Å². The van der Waals surface area contributed by atoms with Crippen molar-refractivity contribution in [3.05, 3.63) is 35.4 Å². The second kappa shape index (κ2) is 6.86. The summed E-state index contributed by atoms with van der Waals surface area (Å²) < 4.78 is 0. The standard InChI is InChI=1S/C16H24N2O2/c1-17(2)9-10-18(12-16(19)20)11-14-5-3-4-6-15(14)13-7-8-13/h3-6,13H,7-12H2,1-2H3,(H,19,20). The number of hydrogen-bond donors (Lipinski definition) is 1. The molecule has 1 saturated carbocycles. The Hall–Kier alpha value is -1.39. The van der Waals surface area contributed by atoms with E-state index in [1.54, 1.807) is 0 Å². The van der Waals surface area contributed by atoms with Crippen LogP contribution in [0.1, 0.15) is 29.9 Å². The summed E-state index contributed by atoms with van der Waals surface area (Å²) in [6.07, 6.45) is 2.54. The molecule has 2 rings (SSSR count). The molecule has 0 aromatic heterocycles. The van der Waals surface area contributed by atoms with E-state index in [0.29, 0.717) is 5.92 Å². The van der Waals surface area contributed by atoms with Gasteiger partial charge >= 0.3 is 5.97 Å². The Kier molecular flexibility index (Phi) is 5.15. The predicted octanol–water partition coefficient (Wildman–Crippen LogP) is 2.01. The van der Waals surface area contributed by atoms with Crippen LogP contribution in [-0.2, 0) is 11.3 Å². The van der Waals surface area contributed by atoms with E-state index in [4.69, 9.17) is 5.11 Å². The second-order valence-electron chi connectivity index (χ2n) is 5.88. The van der Waals surface area contributed by atoms with E-state index in [-0.39, 0.29) is 6.54 Å². The molecule has 0 atom stereocenters. The fourth-order valence-electron chi connectivity index (χ4n) is 2.46. The maximum atomic E-state index is 11.0. The molecule has 4 heteroatoms. The minimum atomic E-state index is -0.757. The number of likely N-dealkylation sites (N-methyl/N-ethyl adjacent to an activating group) is 1. The van der Waals surface area contributed by atoms with E-state index in [9.17, 15) is 4.79 Å². The van der Waals surface area contributed by atoms with E-state index in [2.05, 4.69) is 23.1 Å². The quantitative estimate of drug-likeness (QED) is 0.789. The largest absolute Gasteiger partial charge is 0.480 e. The molecule has 0 radical (unpaired) electrons. The van der Waals surface area contributed by atoms with E-state index >= 15 is 0 Å². The number of carbonyl (C=O) groups is 1. The molecule has 1 aliphatic rings. The van der Waals surface area contributed by atoms with Crippen LogP contribution in [0.3, 0.4) is 0 Å². The Morgan fingerprint density at radius 1 is 1.25 bits per heavy atom. The third-order valence-corrected chi connectivity index (χ3v) is 3.69. The van der Waals surface area contributed by atoms with Gasteiger partial charge in [0.05, 0.1) is 6.54 Å². The average molecular weight is 276 g/mol. The smallest absolute Gasteiger partial charge is 0.317 e. The highest BCUT2D eigenvalue weighted by Crippen LogP contribution is 2.41. The van der Waals surface area contributed by atoms with E-state index in [1.165, 1.54) is 24.0 Å². The van der Waals surface area contributed by atoms with Crippen molar-refractivity contribution in [2.75, 3.05) is 33.7 Å². The van der Waals surface area contributed by atoms with Crippen molar-refractivity contribution in [1.82, 2.24) is 9.80 Å². The van der Waals surface area contributed by atoms with Gasteiger partial charge in [-0.1, -0.05) is 24.3 Å². The first-order chi connectivity index (χ1) is 9.56. The molecule has 1 aliphatic carbocycles.